The normalized spacial score (nSPS) is 29.5. The number of carbonyl (C=O) groups excluding carboxylic acids is 1. The molecule has 0 spiro atoms. The molecule has 0 aliphatic heterocycles. The number of fused-ring (bicyclic) bond motifs is 1. The van der Waals surface area contributed by atoms with E-state index in [1.54, 1.807) is 0 Å². The van der Waals surface area contributed by atoms with Gasteiger partial charge in [0.2, 0.25) is 11.8 Å². The molecule has 3 saturated carbocycles. The van der Waals surface area contributed by atoms with Gasteiger partial charge in [0.25, 0.3) is 0 Å². The number of halogens is 6. The van der Waals surface area contributed by atoms with Crippen molar-refractivity contribution in [3.05, 3.63) is 35.5 Å². The summed E-state index contributed by atoms with van der Waals surface area (Å²) in [5.41, 5.74) is -3.15. The van der Waals surface area contributed by atoms with Crippen molar-refractivity contribution in [3.63, 3.8) is 0 Å². The molecule has 3 fully saturated rings. The number of pyridine rings is 1. The summed E-state index contributed by atoms with van der Waals surface area (Å²) in [6.45, 7) is 0. The van der Waals surface area contributed by atoms with E-state index in [4.69, 9.17) is 4.42 Å². The first-order chi connectivity index (χ1) is 14.4. The van der Waals surface area contributed by atoms with Crippen LogP contribution in [0.3, 0.4) is 0 Å². The third-order valence-electron chi connectivity index (χ3n) is 6.67. The topological polar surface area (TPSA) is 68.0 Å². The molecule has 0 saturated heterocycles. The van der Waals surface area contributed by atoms with Gasteiger partial charge in [-0.15, -0.1) is 0 Å². The molecule has 4 aliphatic carbocycles. The van der Waals surface area contributed by atoms with E-state index in [1.165, 1.54) is 6.07 Å². The molecule has 2 heterocycles. The van der Waals surface area contributed by atoms with E-state index in [0.29, 0.717) is 30.7 Å². The average molecular weight is 445 g/mol. The van der Waals surface area contributed by atoms with Crippen LogP contribution in [0.5, 0.6) is 0 Å². The molecule has 0 unspecified atom stereocenters. The Balaban J connectivity index is 1.34. The Labute approximate surface area is 172 Å². The summed E-state index contributed by atoms with van der Waals surface area (Å²) in [6.07, 6.45) is -6.80. The number of hydrogen-bond donors (Lipinski definition) is 1. The Morgan fingerprint density at radius 2 is 1.87 bits per heavy atom. The van der Waals surface area contributed by atoms with Crippen LogP contribution in [0, 0.1) is 10.8 Å². The Morgan fingerprint density at radius 3 is 2.52 bits per heavy atom. The Bertz CT molecular complexity index is 1040. The third-order valence-corrected chi connectivity index (χ3v) is 6.67. The highest BCUT2D eigenvalue weighted by molar-refractivity contribution is 5.87. The van der Waals surface area contributed by atoms with Gasteiger partial charge in [-0.25, -0.2) is 4.98 Å². The van der Waals surface area contributed by atoms with Crippen LogP contribution in [0.1, 0.15) is 55.3 Å². The zero-order valence-electron chi connectivity index (χ0n) is 16.0. The van der Waals surface area contributed by atoms with Crippen LogP contribution in [0.25, 0.3) is 11.5 Å². The van der Waals surface area contributed by atoms with Crippen molar-refractivity contribution in [1.82, 2.24) is 15.3 Å². The summed E-state index contributed by atoms with van der Waals surface area (Å²) in [7, 11) is 0. The van der Waals surface area contributed by atoms with Crippen LogP contribution in [0.2, 0.25) is 0 Å². The van der Waals surface area contributed by atoms with Gasteiger partial charge in [0, 0.05) is 11.8 Å². The maximum Gasteiger partial charge on any atom is 0.433 e. The van der Waals surface area contributed by atoms with Gasteiger partial charge in [-0.05, 0) is 50.7 Å². The smallest absolute Gasteiger partial charge is 0.433 e. The van der Waals surface area contributed by atoms with Crippen LogP contribution in [0.15, 0.2) is 22.7 Å². The minimum atomic E-state index is -4.62. The van der Waals surface area contributed by atoms with E-state index < -0.39 is 40.8 Å². The van der Waals surface area contributed by atoms with Crippen molar-refractivity contribution in [3.8, 4) is 11.5 Å². The maximum atomic E-state index is 13.0. The Kier molecular flexibility index (Phi) is 4.08. The number of alkyl halides is 6. The lowest BCUT2D eigenvalue weighted by Gasteiger charge is -2.69. The fourth-order valence-corrected chi connectivity index (χ4v) is 5.04. The second-order valence-corrected chi connectivity index (χ2v) is 8.76. The van der Waals surface area contributed by atoms with Crippen molar-refractivity contribution in [2.24, 2.45) is 10.8 Å². The SMILES string of the molecule is O=C(N[C@@H]1CCCc2nc(-c3ccnc(C(F)(F)F)c3)oc21)C12CC(C(F)(F)F)(C1)C2. The number of rotatable bonds is 3. The van der Waals surface area contributed by atoms with Crippen molar-refractivity contribution in [1.29, 1.82) is 0 Å². The molecule has 2 bridgehead atoms. The van der Waals surface area contributed by atoms with Gasteiger partial charge in [0.15, 0.2) is 0 Å². The fraction of sp³-hybridized carbons (Fsp3) is 0.550. The Morgan fingerprint density at radius 1 is 1.16 bits per heavy atom. The Hall–Kier alpha value is -2.59. The summed E-state index contributed by atoms with van der Waals surface area (Å²) in [4.78, 5) is 20.3. The fourth-order valence-electron chi connectivity index (χ4n) is 5.04. The minimum Gasteiger partial charge on any atom is -0.439 e. The van der Waals surface area contributed by atoms with E-state index in [-0.39, 0.29) is 30.7 Å². The number of oxazole rings is 1. The van der Waals surface area contributed by atoms with Crippen LogP contribution in [-0.2, 0) is 17.4 Å². The van der Waals surface area contributed by atoms with Gasteiger partial charge < -0.3 is 9.73 Å². The number of carbonyl (C=O) groups is 1. The summed E-state index contributed by atoms with van der Waals surface area (Å²) in [5.74, 6) is -0.101. The van der Waals surface area contributed by atoms with Crippen molar-refractivity contribution in [2.45, 2.75) is 56.9 Å². The molecule has 2 aromatic rings. The third kappa shape index (κ3) is 3.03. The van der Waals surface area contributed by atoms with Crippen LogP contribution in [0.4, 0.5) is 26.3 Å². The molecule has 4 aliphatic rings. The predicted octanol–water partition coefficient (Wildman–Crippen LogP) is 4.98. The van der Waals surface area contributed by atoms with E-state index >= 15 is 0 Å². The molecular formula is C20H17F6N3O2. The number of nitrogens with one attached hydrogen (secondary N) is 1. The molecule has 6 rings (SSSR count). The van der Waals surface area contributed by atoms with Gasteiger partial charge in [-0.1, -0.05) is 0 Å². The summed E-state index contributed by atoms with van der Waals surface area (Å²) >= 11 is 0. The molecule has 11 heteroatoms. The van der Waals surface area contributed by atoms with Gasteiger partial charge in [-0.2, -0.15) is 26.3 Å². The van der Waals surface area contributed by atoms with Crippen molar-refractivity contribution in [2.75, 3.05) is 0 Å². The van der Waals surface area contributed by atoms with Crippen molar-refractivity contribution < 1.29 is 35.6 Å². The number of hydrogen-bond acceptors (Lipinski definition) is 4. The lowest BCUT2D eigenvalue weighted by molar-refractivity contribution is -0.351. The number of aromatic nitrogens is 2. The molecule has 0 radical (unpaired) electrons. The second kappa shape index (κ2) is 6.23. The molecule has 1 atom stereocenters. The van der Waals surface area contributed by atoms with Gasteiger partial charge in [0.1, 0.15) is 11.5 Å². The van der Waals surface area contributed by atoms with Gasteiger partial charge in [-0.3, -0.25) is 9.78 Å². The quantitative estimate of drug-likeness (QED) is 0.677. The summed E-state index contributed by atoms with van der Waals surface area (Å²) < 4.78 is 83.7. The van der Waals surface area contributed by atoms with E-state index in [1.807, 2.05) is 0 Å². The monoisotopic (exact) mass is 445 g/mol. The van der Waals surface area contributed by atoms with E-state index in [9.17, 15) is 31.1 Å². The molecular weight excluding hydrogens is 428 g/mol. The number of aryl methyl sites for hydroxylation is 1. The lowest BCUT2D eigenvalue weighted by atomic mass is 9.34. The number of nitrogens with zero attached hydrogens (tertiary/aromatic N) is 2. The van der Waals surface area contributed by atoms with Crippen LogP contribution >= 0.6 is 0 Å². The van der Waals surface area contributed by atoms with Crippen LogP contribution in [-0.4, -0.2) is 22.1 Å². The molecule has 2 aromatic heterocycles. The molecule has 5 nitrogen and oxygen atoms in total. The highest BCUT2D eigenvalue weighted by Crippen LogP contribution is 2.78. The first-order valence-corrected chi connectivity index (χ1v) is 9.84. The molecule has 1 amide bonds. The maximum absolute atomic E-state index is 13.0. The summed E-state index contributed by atoms with van der Waals surface area (Å²) in [6, 6.07) is 1.61. The van der Waals surface area contributed by atoms with Crippen molar-refractivity contribution >= 4 is 5.91 Å². The lowest BCUT2D eigenvalue weighted by Crippen LogP contribution is -2.72. The zero-order valence-corrected chi connectivity index (χ0v) is 16.0. The highest BCUT2D eigenvalue weighted by Gasteiger charge is 2.81. The standard InChI is InChI=1S/C20H17F6N3O2/c21-19(22,23)13-6-10(4-5-27-13)15-28-11-2-1-3-12(14(11)31-15)29-16(30)17-7-18(8-17,9-17)20(24,25)26/h4-6,12H,1-3,7-9H2,(H,29,30)/t12-,17?,18?/m1/s1. The van der Waals surface area contributed by atoms with E-state index in [0.717, 1.165) is 12.3 Å². The zero-order chi connectivity index (χ0) is 22.2. The van der Waals surface area contributed by atoms with E-state index in [2.05, 4.69) is 15.3 Å². The molecule has 31 heavy (non-hydrogen) atoms. The highest BCUT2D eigenvalue weighted by atomic mass is 19.4. The molecule has 0 aromatic carbocycles. The first kappa shape index (κ1) is 20.3. The predicted molar refractivity (Wildman–Crippen MR) is 93.3 cm³/mol. The molecule has 166 valence electrons. The summed E-state index contributed by atoms with van der Waals surface area (Å²) in [5, 5.41) is 2.79. The first-order valence-electron chi connectivity index (χ1n) is 9.84. The van der Waals surface area contributed by atoms with Crippen LogP contribution < -0.4 is 5.32 Å². The average Bonchev–Trinajstić information content (AvgIpc) is 3.03. The van der Waals surface area contributed by atoms with Gasteiger partial charge in [0.05, 0.1) is 22.6 Å². The largest absolute Gasteiger partial charge is 0.439 e. The number of amides is 1. The molecule has 1 N–H and O–H groups in total. The minimum absolute atomic E-state index is 0.0133. The van der Waals surface area contributed by atoms with Gasteiger partial charge >= 0.3 is 12.4 Å². The second-order valence-electron chi connectivity index (χ2n) is 8.76.